The smallest absolute Gasteiger partial charge is 0.410 e. The molecule has 0 spiro atoms. The predicted octanol–water partition coefficient (Wildman–Crippen LogP) is 4.00. The first-order valence-corrected chi connectivity index (χ1v) is 10.9. The molecule has 0 aliphatic carbocycles. The van der Waals surface area contributed by atoms with Gasteiger partial charge in [0.1, 0.15) is 5.60 Å². The van der Waals surface area contributed by atoms with Crippen molar-refractivity contribution in [2.45, 2.75) is 32.8 Å². The minimum absolute atomic E-state index is 0.0355. The van der Waals surface area contributed by atoms with E-state index < -0.39 is 5.60 Å². The molecule has 7 nitrogen and oxygen atoms in total. The molecule has 164 valence electrons. The summed E-state index contributed by atoms with van der Waals surface area (Å²) in [5.74, 6) is -0.0355. The Morgan fingerprint density at radius 2 is 1.74 bits per heavy atom. The number of carbonyl (C=O) groups excluding carboxylic acids is 2. The summed E-state index contributed by atoms with van der Waals surface area (Å²) < 4.78 is 5.47. The summed E-state index contributed by atoms with van der Waals surface area (Å²) in [5.41, 5.74) is 2.88. The van der Waals surface area contributed by atoms with E-state index in [1.807, 2.05) is 32.9 Å². The Kier molecular flexibility index (Phi) is 5.79. The zero-order valence-corrected chi connectivity index (χ0v) is 18.9. The Labute approximate surface area is 187 Å². The molecule has 2 aliphatic heterocycles. The van der Waals surface area contributed by atoms with Crippen molar-refractivity contribution in [2.24, 2.45) is 0 Å². The summed E-state index contributed by atoms with van der Waals surface area (Å²) in [7, 11) is 0. The topological polar surface area (TPSA) is 66.0 Å². The maximum absolute atomic E-state index is 13.0. The van der Waals surface area contributed by atoms with Crippen molar-refractivity contribution in [1.29, 1.82) is 0 Å². The van der Waals surface area contributed by atoms with Crippen LogP contribution < -0.4 is 9.80 Å². The van der Waals surface area contributed by atoms with Gasteiger partial charge in [-0.1, -0.05) is 11.6 Å². The van der Waals surface area contributed by atoms with E-state index in [-0.39, 0.29) is 12.0 Å². The van der Waals surface area contributed by atoms with E-state index in [9.17, 15) is 9.59 Å². The largest absolute Gasteiger partial charge is 0.444 e. The lowest BCUT2D eigenvalue weighted by Gasteiger charge is -2.37. The quantitative estimate of drug-likeness (QED) is 0.703. The second kappa shape index (κ2) is 8.38. The first kappa shape index (κ1) is 21.4. The van der Waals surface area contributed by atoms with Gasteiger partial charge in [-0.25, -0.2) is 4.79 Å². The average molecular weight is 443 g/mol. The van der Waals surface area contributed by atoms with E-state index in [1.165, 1.54) is 0 Å². The normalized spacial score (nSPS) is 16.9. The Bertz CT molecular complexity index is 997. The lowest BCUT2D eigenvalue weighted by molar-refractivity contribution is 0.0240. The number of aromatic nitrogens is 1. The van der Waals surface area contributed by atoms with Crippen molar-refractivity contribution in [3.8, 4) is 0 Å². The summed E-state index contributed by atoms with van der Waals surface area (Å²) >= 11 is 6.07. The van der Waals surface area contributed by atoms with Crippen molar-refractivity contribution < 1.29 is 14.3 Å². The highest BCUT2D eigenvalue weighted by atomic mass is 35.5. The fraction of sp³-hybridized carbons (Fsp3) is 0.435. The number of carbonyl (C=O) groups is 2. The Hall–Kier alpha value is -2.80. The van der Waals surface area contributed by atoms with E-state index >= 15 is 0 Å². The first-order chi connectivity index (χ1) is 14.7. The van der Waals surface area contributed by atoms with Gasteiger partial charge >= 0.3 is 6.09 Å². The predicted molar refractivity (Wildman–Crippen MR) is 121 cm³/mol. The van der Waals surface area contributed by atoms with Crippen LogP contribution in [-0.4, -0.2) is 60.2 Å². The van der Waals surface area contributed by atoms with Crippen LogP contribution in [-0.2, 0) is 11.2 Å². The van der Waals surface area contributed by atoms with Gasteiger partial charge in [-0.3, -0.25) is 9.78 Å². The molecule has 0 N–H and O–H groups in total. The highest BCUT2D eigenvalue weighted by Gasteiger charge is 2.28. The van der Waals surface area contributed by atoms with Crippen LogP contribution in [0.2, 0.25) is 5.02 Å². The molecule has 3 heterocycles. The first-order valence-electron chi connectivity index (χ1n) is 10.5. The summed E-state index contributed by atoms with van der Waals surface area (Å²) in [6.45, 7) is 8.71. The summed E-state index contributed by atoms with van der Waals surface area (Å²) in [6, 6.07) is 7.40. The number of pyridine rings is 1. The maximum Gasteiger partial charge on any atom is 0.410 e. The molecule has 31 heavy (non-hydrogen) atoms. The molecule has 1 aromatic carbocycles. The number of rotatable bonds is 2. The fourth-order valence-corrected chi connectivity index (χ4v) is 4.11. The van der Waals surface area contributed by atoms with Gasteiger partial charge < -0.3 is 19.4 Å². The summed E-state index contributed by atoms with van der Waals surface area (Å²) in [4.78, 5) is 35.4. The van der Waals surface area contributed by atoms with Crippen LogP contribution in [0, 0.1) is 0 Å². The van der Waals surface area contributed by atoms with Gasteiger partial charge in [-0.05, 0) is 57.0 Å². The third kappa shape index (κ3) is 4.77. The maximum atomic E-state index is 13.0. The van der Waals surface area contributed by atoms with Crippen molar-refractivity contribution in [3.63, 3.8) is 0 Å². The summed E-state index contributed by atoms with van der Waals surface area (Å²) in [6.07, 6.45) is 3.99. The zero-order valence-electron chi connectivity index (χ0n) is 18.1. The molecular formula is C23H27ClN4O3. The molecule has 0 unspecified atom stereocenters. The average Bonchev–Trinajstić information content (AvgIpc) is 2.73. The third-order valence-corrected chi connectivity index (χ3v) is 5.70. The molecule has 2 amide bonds. The molecule has 1 aromatic heterocycles. The third-order valence-electron chi connectivity index (χ3n) is 5.47. The van der Waals surface area contributed by atoms with E-state index in [4.69, 9.17) is 16.3 Å². The van der Waals surface area contributed by atoms with Crippen molar-refractivity contribution >= 4 is 35.0 Å². The Morgan fingerprint density at radius 3 is 2.45 bits per heavy atom. The lowest BCUT2D eigenvalue weighted by atomic mass is 9.99. The number of hydrogen-bond donors (Lipinski definition) is 0. The molecule has 2 aromatic rings. The second-order valence-electron chi connectivity index (χ2n) is 8.86. The van der Waals surface area contributed by atoms with E-state index in [2.05, 4.69) is 9.88 Å². The molecule has 8 heteroatoms. The van der Waals surface area contributed by atoms with Crippen molar-refractivity contribution in [3.05, 3.63) is 52.8 Å². The van der Waals surface area contributed by atoms with Crippen LogP contribution in [0.15, 0.2) is 36.7 Å². The number of benzene rings is 1. The molecule has 1 saturated heterocycles. The highest BCUT2D eigenvalue weighted by Crippen LogP contribution is 2.29. The minimum Gasteiger partial charge on any atom is -0.444 e. The highest BCUT2D eigenvalue weighted by molar-refractivity contribution is 6.30. The number of hydrogen-bond acceptors (Lipinski definition) is 5. The molecule has 0 bridgehead atoms. The number of nitrogens with zero attached hydrogens (tertiary/aromatic N) is 4. The number of piperazine rings is 1. The van der Waals surface area contributed by atoms with E-state index in [0.717, 1.165) is 23.4 Å². The Morgan fingerprint density at radius 1 is 1.03 bits per heavy atom. The van der Waals surface area contributed by atoms with Gasteiger partial charge in [0.2, 0.25) is 0 Å². The van der Waals surface area contributed by atoms with Gasteiger partial charge in [0.05, 0.1) is 23.8 Å². The molecule has 4 rings (SSSR count). The van der Waals surface area contributed by atoms with Crippen LogP contribution in [0.1, 0.15) is 36.7 Å². The van der Waals surface area contributed by atoms with Crippen LogP contribution in [0.5, 0.6) is 0 Å². The second-order valence-corrected chi connectivity index (χ2v) is 9.30. The Balaban J connectivity index is 1.44. The molecule has 1 fully saturated rings. The number of ether oxygens (including phenoxy) is 1. The standard InChI is InChI=1S/C23H27ClN4O3/c1-23(2,3)31-22(30)27-10-8-26(9-11-27)18-13-19(15-25-14-18)28-7-6-16-12-17(24)4-5-20(16)21(28)29/h4-5,12-15H,6-11H2,1-3H3. The van der Waals surface area contributed by atoms with Gasteiger partial charge in [-0.15, -0.1) is 0 Å². The number of halogens is 1. The van der Waals surface area contributed by atoms with Crippen LogP contribution >= 0.6 is 11.6 Å². The molecule has 2 aliphatic rings. The van der Waals surface area contributed by atoms with Crippen LogP contribution in [0.25, 0.3) is 0 Å². The molecule has 0 saturated carbocycles. The van der Waals surface area contributed by atoms with Crippen molar-refractivity contribution in [2.75, 3.05) is 42.5 Å². The lowest BCUT2D eigenvalue weighted by Crippen LogP contribution is -2.50. The summed E-state index contributed by atoms with van der Waals surface area (Å²) in [5, 5.41) is 0.647. The van der Waals surface area contributed by atoms with E-state index in [0.29, 0.717) is 43.3 Å². The minimum atomic E-state index is -0.503. The van der Waals surface area contributed by atoms with Gasteiger partial charge in [0, 0.05) is 43.3 Å². The number of anilines is 2. The fourth-order valence-electron chi connectivity index (χ4n) is 3.91. The van der Waals surface area contributed by atoms with Crippen LogP contribution in [0.4, 0.5) is 16.2 Å². The SMILES string of the molecule is CC(C)(C)OC(=O)N1CCN(c2cncc(N3CCc4cc(Cl)ccc4C3=O)c2)CC1. The van der Waals surface area contributed by atoms with E-state index in [1.54, 1.807) is 34.3 Å². The van der Waals surface area contributed by atoms with Gasteiger partial charge in [0.15, 0.2) is 0 Å². The monoisotopic (exact) mass is 442 g/mol. The van der Waals surface area contributed by atoms with Gasteiger partial charge in [0.25, 0.3) is 5.91 Å². The van der Waals surface area contributed by atoms with Gasteiger partial charge in [-0.2, -0.15) is 0 Å². The molecule has 0 atom stereocenters. The molecule has 0 radical (unpaired) electrons. The van der Waals surface area contributed by atoms with Crippen molar-refractivity contribution in [1.82, 2.24) is 9.88 Å². The van der Waals surface area contributed by atoms with Crippen LogP contribution in [0.3, 0.4) is 0 Å². The number of fused-ring (bicyclic) bond motifs is 1. The zero-order chi connectivity index (χ0) is 22.2. The molecular weight excluding hydrogens is 416 g/mol. The number of amides is 2.